The molecule has 1 aromatic carbocycles. The maximum Gasteiger partial charge on any atom is 0.182 e. The lowest BCUT2D eigenvalue weighted by Crippen LogP contribution is -2.20. The summed E-state index contributed by atoms with van der Waals surface area (Å²) in [6, 6.07) is 12.9. The van der Waals surface area contributed by atoms with Gasteiger partial charge in [0.05, 0.1) is 6.54 Å². The maximum absolute atomic E-state index is 8.74. The molecule has 0 spiro atoms. The van der Waals surface area contributed by atoms with Crippen molar-refractivity contribution < 1.29 is 0 Å². The van der Waals surface area contributed by atoms with Crippen molar-refractivity contribution in [3.63, 3.8) is 0 Å². The van der Waals surface area contributed by atoms with Crippen LogP contribution in [0.5, 0.6) is 0 Å². The molecule has 1 N–H and O–H groups in total. The summed E-state index contributed by atoms with van der Waals surface area (Å²) in [5.74, 6) is 0.457. The van der Waals surface area contributed by atoms with Crippen molar-refractivity contribution in [2.45, 2.75) is 6.54 Å². The van der Waals surface area contributed by atoms with E-state index in [9.17, 15) is 0 Å². The molecule has 4 nitrogen and oxygen atoms in total. The number of nitrogens with zero attached hydrogens (tertiary/aromatic N) is 3. The number of halogens is 1. The minimum Gasteiger partial charge on any atom is -0.275 e. The number of nitriles is 1. The zero-order chi connectivity index (χ0) is 13.5. The van der Waals surface area contributed by atoms with Crippen molar-refractivity contribution >= 4 is 17.4 Å². The predicted octanol–water partition coefficient (Wildman–Crippen LogP) is 2.75. The number of nitrogens with one attached hydrogen (secondary N) is 1. The normalized spacial score (nSPS) is 10.8. The first-order valence-corrected chi connectivity index (χ1v) is 6.03. The molecule has 0 atom stereocenters. The lowest BCUT2D eigenvalue weighted by atomic mass is 10.2. The van der Waals surface area contributed by atoms with Gasteiger partial charge in [-0.2, -0.15) is 5.26 Å². The fourth-order valence-electron chi connectivity index (χ4n) is 1.50. The Morgan fingerprint density at radius 3 is 2.68 bits per heavy atom. The van der Waals surface area contributed by atoms with E-state index in [1.54, 1.807) is 12.3 Å². The highest BCUT2D eigenvalue weighted by Gasteiger charge is 2.03. The van der Waals surface area contributed by atoms with Gasteiger partial charge in [0.15, 0.2) is 12.0 Å². The molecule has 94 valence electrons. The highest BCUT2D eigenvalue weighted by atomic mass is 35.5. The molecule has 2 rings (SSSR count). The maximum atomic E-state index is 8.74. The Morgan fingerprint density at radius 1 is 1.26 bits per heavy atom. The Labute approximate surface area is 116 Å². The molecule has 0 unspecified atom stereocenters. The fourth-order valence-corrected chi connectivity index (χ4v) is 1.63. The number of aromatic nitrogens is 1. The summed E-state index contributed by atoms with van der Waals surface area (Å²) in [5, 5.41) is 12.0. The van der Waals surface area contributed by atoms with Gasteiger partial charge in [0, 0.05) is 11.2 Å². The molecule has 5 heteroatoms. The van der Waals surface area contributed by atoms with Crippen molar-refractivity contribution in [1.29, 1.82) is 5.26 Å². The van der Waals surface area contributed by atoms with Crippen LogP contribution in [0.2, 0.25) is 5.02 Å². The highest BCUT2D eigenvalue weighted by molar-refractivity contribution is 6.30. The molecule has 0 aliphatic heterocycles. The predicted molar refractivity (Wildman–Crippen MR) is 74.7 cm³/mol. The summed E-state index contributed by atoms with van der Waals surface area (Å²) < 4.78 is 0. The van der Waals surface area contributed by atoms with E-state index < -0.39 is 0 Å². The second-order valence-electron chi connectivity index (χ2n) is 3.74. The summed E-state index contributed by atoms with van der Waals surface area (Å²) in [6.45, 7) is 0.456. The first-order chi connectivity index (χ1) is 9.29. The molecule has 0 saturated heterocycles. The highest BCUT2D eigenvalue weighted by Crippen LogP contribution is 2.10. The molecule has 1 aromatic heterocycles. The Morgan fingerprint density at radius 2 is 2.05 bits per heavy atom. The van der Waals surface area contributed by atoms with Gasteiger partial charge in [-0.3, -0.25) is 15.3 Å². The van der Waals surface area contributed by atoms with E-state index in [-0.39, 0.29) is 0 Å². The topological polar surface area (TPSA) is 61.1 Å². The minimum atomic E-state index is 0.456. The van der Waals surface area contributed by atoms with Crippen LogP contribution in [0, 0.1) is 11.5 Å². The molecule has 0 radical (unpaired) electrons. The molecule has 0 fully saturated rings. The van der Waals surface area contributed by atoms with E-state index in [1.807, 2.05) is 42.6 Å². The number of aliphatic imine (C=N–C) groups is 1. The SMILES string of the molecule is N#CNC(=NCc1ccc(Cl)cc1)c1ccccn1. The summed E-state index contributed by atoms with van der Waals surface area (Å²) in [6.07, 6.45) is 3.53. The van der Waals surface area contributed by atoms with Crippen molar-refractivity contribution in [2.24, 2.45) is 4.99 Å². The largest absolute Gasteiger partial charge is 0.275 e. The van der Waals surface area contributed by atoms with E-state index in [1.165, 1.54) is 0 Å². The molecular weight excluding hydrogens is 260 g/mol. The van der Waals surface area contributed by atoms with Gasteiger partial charge >= 0.3 is 0 Å². The van der Waals surface area contributed by atoms with Crippen LogP contribution in [0.4, 0.5) is 0 Å². The van der Waals surface area contributed by atoms with Crippen LogP contribution in [-0.4, -0.2) is 10.8 Å². The molecule has 19 heavy (non-hydrogen) atoms. The smallest absolute Gasteiger partial charge is 0.182 e. The molecule has 0 saturated carbocycles. The van der Waals surface area contributed by atoms with Crippen molar-refractivity contribution in [1.82, 2.24) is 10.3 Å². The summed E-state index contributed by atoms with van der Waals surface area (Å²) in [4.78, 5) is 8.52. The summed E-state index contributed by atoms with van der Waals surface area (Å²) in [5.41, 5.74) is 1.65. The number of amidine groups is 1. The van der Waals surface area contributed by atoms with Crippen LogP contribution in [0.25, 0.3) is 0 Å². The standard InChI is InChI=1S/C14H11ClN4/c15-12-6-4-11(5-7-12)9-18-14(19-10-16)13-3-1-2-8-17-13/h1-8H,9H2,(H,18,19). The van der Waals surface area contributed by atoms with Crippen LogP contribution in [-0.2, 0) is 6.54 Å². The zero-order valence-corrected chi connectivity index (χ0v) is 10.8. The van der Waals surface area contributed by atoms with Crippen LogP contribution in [0.3, 0.4) is 0 Å². The zero-order valence-electron chi connectivity index (χ0n) is 10.0. The van der Waals surface area contributed by atoms with E-state index in [4.69, 9.17) is 16.9 Å². The van der Waals surface area contributed by atoms with Gasteiger partial charge in [-0.1, -0.05) is 29.8 Å². The van der Waals surface area contributed by atoms with E-state index in [2.05, 4.69) is 15.3 Å². The molecule has 0 aliphatic carbocycles. The van der Waals surface area contributed by atoms with Crippen LogP contribution < -0.4 is 5.32 Å². The van der Waals surface area contributed by atoms with E-state index >= 15 is 0 Å². The van der Waals surface area contributed by atoms with Crippen LogP contribution >= 0.6 is 11.6 Å². The quantitative estimate of drug-likeness (QED) is 0.404. The Bertz CT molecular complexity index is 600. The number of benzene rings is 1. The lowest BCUT2D eigenvalue weighted by molar-refractivity contribution is 1.03. The summed E-state index contributed by atoms with van der Waals surface area (Å²) >= 11 is 5.82. The first-order valence-electron chi connectivity index (χ1n) is 5.65. The van der Waals surface area contributed by atoms with Gasteiger partial charge in [0.25, 0.3) is 0 Å². The number of pyridine rings is 1. The van der Waals surface area contributed by atoms with Crippen molar-refractivity contribution in [2.75, 3.05) is 0 Å². The Balaban J connectivity index is 2.18. The lowest BCUT2D eigenvalue weighted by Gasteiger charge is -2.03. The second kappa shape index (κ2) is 6.53. The second-order valence-corrected chi connectivity index (χ2v) is 4.18. The Kier molecular flexibility index (Phi) is 4.49. The summed E-state index contributed by atoms with van der Waals surface area (Å²) in [7, 11) is 0. The van der Waals surface area contributed by atoms with Gasteiger partial charge in [0.1, 0.15) is 5.69 Å². The fraction of sp³-hybridized carbons (Fsp3) is 0.0714. The van der Waals surface area contributed by atoms with Gasteiger partial charge in [-0.25, -0.2) is 0 Å². The molecule has 2 aromatic rings. The van der Waals surface area contributed by atoms with Crippen molar-refractivity contribution in [3.8, 4) is 6.19 Å². The third kappa shape index (κ3) is 3.80. The third-order valence-corrected chi connectivity index (χ3v) is 2.67. The molecule has 0 aliphatic rings. The van der Waals surface area contributed by atoms with Gasteiger partial charge in [-0.05, 0) is 29.8 Å². The number of hydrogen-bond donors (Lipinski definition) is 1. The molecule has 0 amide bonds. The molecule has 1 heterocycles. The van der Waals surface area contributed by atoms with Crippen molar-refractivity contribution in [3.05, 3.63) is 64.9 Å². The average Bonchev–Trinajstić information content (AvgIpc) is 2.46. The molecular formula is C14H11ClN4. The number of rotatable bonds is 3. The van der Waals surface area contributed by atoms with Gasteiger partial charge in [-0.15, -0.1) is 0 Å². The van der Waals surface area contributed by atoms with Gasteiger partial charge < -0.3 is 0 Å². The monoisotopic (exact) mass is 270 g/mol. The number of hydrogen-bond acceptors (Lipinski definition) is 3. The molecule has 0 bridgehead atoms. The third-order valence-electron chi connectivity index (χ3n) is 2.41. The average molecular weight is 271 g/mol. The minimum absolute atomic E-state index is 0.456. The van der Waals surface area contributed by atoms with Crippen LogP contribution in [0.1, 0.15) is 11.3 Å². The van der Waals surface area contributed by atoms with E-state index in [0.29, 0.717) is 23.1 Å². The Hall–Kier alpha value is -2.38. The van der Waals surface area contributed by atoms with E-state index in [0.717, 1.165) is 5.56 Å². The van der Waals surface area contributed by atoms with Crippen LogP contribution in [0.15, 0.2) is 53.7 Å². The first kappa shape index (κ1) is 13.1. The van der Waals surface area contributed by atoms with Gasteiger partial charge in [0.2, 0.25) is 0 Å².